The standard InChI is InChI=1S/C43H39N7O5S2/c1-42(2,3)55-40(53)37-34(26-49-23-14-7-15-24-49)56-28-33-36(39(52)50(33)37)46-38(51)35(48-54-25-22-44)32-27-57-41(45-32)47-43(29-16-8-4-9-17-29,30-18-10-5-11-19-30)31-20-12-6-13-21-31/h4-21,23-24,27,33,36H,25-26,28H2,1-3H3,(H-,45,46,47,51)/p+1. The van der Waals surface area contributed by atoms with Gasteiger partial charge in [0.05, 0.1) is 10.9 Å². The topological polar surface area (TPSA) is 150 Å². The lowest BCUT2D eigenvalue weighted by molar-refractivity contribution is -0.687. The molecule has 288 valence electrons. The molecular formula is C43H40N7O5S2+. The molecule has 2 unspecified atom stereocenters. The molecule has 1 fully saturated rings. The lowest BCUT2D eigenvalue weighted by Crippen LogP contribution is -2.73. The van der Waals surface area contributed by atoms with Gasteiger partial charge in [0.25, 0.3) is 11.8 Å². The number of anilines is 1. The monoisotopic (exact) mass is 798 g/mol. The number of pyridine rings is 1. The summed E-state index contributed by atoms with van der Waals surface area (Å²) in [5, 5.41) is 21.9. The summed E-state index contributed by atoms with van der Waals surface area (Å²) in [6.45, 7) is 5.26. The SMILES string of the molecule is CC(C)(C)OC(=O)C1=C(C[n+]2ccccc2)SCC2C(NC(=O)C(=NOCC#N)c3csc(NC(c4ccccc4)(c4ccccc4)c4ccccc4)n3)C(=O)N12. The van der Waals surface area contributed by atoms with Gasteiger partial charge in [-0.3, -0.25) is 14.5 Å². The molecule has 0 radical (unpaired) electrons. The van der Waals surface area contributed by atoms with Crippen molar-refractivity contribution in [2.45, 2.75) is 50.5 Å². The number of nitrogens with one attached hydrogen (secondary N) is 2. The normalized spacial score (nSPS) is 16.8. The highest BCUT2D eigenvalue weighted by atomic mass is 32.2. The molecule has 0 spiro atoms. The maximum Gasteiger partial charge on any atom is 0.356 e. The molecule has 2 aliphatic heterocycles. The number of fused-ring (bicyclic) bond motifs is 1. The van der Waals surface area contributed by atoms with E-state index in [1.165, 1.54) is 28.0 Å². The average molecular weight is 799 g/mol. The molecule has 7 rings (SSSR count). The van der Waals surface area contributed by atoms with E-state index in [-0.39, 0.29) is 17.1 Å². The summed E-state index contributed by atoms with van der Waals surface area (Å²) >= 11 is 2.71. The third-order valence-corrected chi connectivity index (χ3v) is 11.2. The molecule has 2 amide bonds. The number of hydrogen-bond donors (Lipinski definition) is 2. The lowest BCUT2D eigenvalue weighted by atomic mass is 9.77. The maximum absolute atomic E-state index is 14.1. The minimum Gasteiger partial charge on any atom is -0.455 e. The first kappa shape index (κ1) is 39.0. The summed E-state index contributed by atoms with van der Waals surface area (Å²) in [6, 6.07) is 36.1. The first-order chi connectivity index (χ1) is 27.6. The molecule has 2 aliphatic rings. The van der Waals surface area contributed by atoms with Crippen LogP contribution in [0.15, 0.2) is 143 Å². The van der Waals surface area contributed by atoms with Crippen LogP contribution < -0.4 is 15.2 Å². The number of carbonyl (C=O) groups excluding carboxylic acids is 3. The molecule has 2 N–H and O–H groups in total. The summed E-state index contributed by atoms with van der Waals surface area (Å²) in [4.78, 5) is 53.8. The molecule has 0 saturated carbocycles. The zero-order chi connectivity index (χ0) is 40.0. The Morgan fingerprint density at radius 3 is 2.07 bits per heavy atom. The van der Waals surface area contributed by atoms with Crippen LogP contribution in [-0.2, 0) is 36.0 Å². The number of hydrogen-bond acceptors (Lipinski definition) is 11. The molecule has 4 heterocycles. The predicted octanol–water partition coefficient (Wildman–Crippen LogP) is 5.77. The van der Waals surface area contributed by atoms with E-state index in [2.05, 4.69) is 15.8 Å². The van der Waals surface area contributed by atoms with E-state index in [9.17, 15) is 19.6 Å². The Kier molecular flexibility index (Phi) is 11.5. The largest absolute Gasteiger partial charge is 0.455 e. The Morgan fingerprint density at radius 2 is 1.51 bits per heavy atom. The van der Waals surface area contributed by atoms with Crippen molar-refractivity contribution in [1.82, 2.24) is 15.2 Å². The van der Waals surface area contributed by atoms with Crippen molar-refractivity contribution in [2.24, 2.45) is 5.16 Å². The van der Waals surface area contributed by atoms with Crippen LogP contribution in [0.25, 0.3) is 0 Å². The van der Waals surface area contributed by atoms with Crippen molar-refractivity contribution in [2.75, 3.05) is 17.7 Å². The number of nitrogens with zero attached hydrogens (tertiary/aromatic N) is 5. The second kappa shape index (κ2) is 16.8. The fourth-order valence-corrected chi connectivity index (χ4v) is 8.85. The Hall–Kier alpha value is -6.30. The van der Waals surface area contributed by atoms with Crippen molar-refractivity contribution in [3.8, 4) is 6.07 Å². The fourth-order valence-electron chi connectivity index (χ4n) is 6.82. The van der Waals surface area contributed by atoms with Gasteiger partial charge in [0.15, 0.2) is 29.8 Å². The smallest absolute Gasteiger partial charge is 0.356 e. The highest BCUT2D eigenvalue weighted by Crippen LogP contribution is 2.42. The van der Waals surface area contributed by atoms with Crippen LogP contribution in [0.1, 0.15) is 43.2 Å². The second-order valence-corrected chi connectivity index (χ2v) is 16.2. The molecule has 0 bridgehead atoms. The number of thiazole rings is 1. The zero-order valence-electron chi connectivity index (χ0n) is 31.5. The fraction of sp³-hybridized carbons (Fsp3) is 0.233. The van der Waals surface area contributed by atoms with Crippen LogP contribution in [-0.4, -0.2) is 63.4 Å². The number of thioether (sulfide) groups is 1. The van der Waals surface area contributed by atoms with Gasteiger partial charge in [-0.05, 0) is 37.5 Å². The van der Waals surface area contributed by atoms with Crippen molar-refractivity contribution in [3.63, 3.8) is 0 Å². The van der Waals surface area contributed by atoms with Gasteiger partial charge in [0.2, 0.25) is 6.61 Å². The number of ether oxygens (including phenoxy) is 1. The van der Waals surface area contributed by atoms with Gasteiger partial charge in [-0.15, -0.1) is 23.1 Å². The number of aromatic nitrogens is 2. The van der Waals surface area contributed by atoms with Crippen molar-refractivity contribution in [3.05, 3.63) is 160 Å². The predicted molar refractivity (Wildman–Crippen MR) is 218 cm³/mol. The van der Waals surface area contributed by atoms with E-state index in [1.807, 2.05) is 132 Å². The van der Waals surface area contributed by atoms with Crippen molar-refractivity contribution in [1.29, 1.82) is 5.26 Å². The van der Waals surface area contributed by atoms with Crippen LogP contribution in [0.2, 0.25) is 0 Å². The molecule has 1 saturated heterocycles. The summed E-state index contributed by atoms with van der Waals surface area (Å²) in [5.41, 5.74) is 1.35. The summed E-state index contributed by atoms with van der Waals surface area (Å²) in [5.74, 6) is -1.37. The number of oxime groups is 1. The summed E-state index contributed by atoms with van der Waals surface area (Å²) < 4.78 is 7.68. The first-order valence-electron chi connectivity index (χ1n) is 18.2. The van der Waals surface area contributed by atoms with Gasteiger partial charge in [-0.2, -0.15) is 5.26 Å². The van der Waals surface area contributed by atoms with E-state index in [0.717, 1.165) is 16.7 Å². The lowest BCUT2D eigenvalue weighted by Gasteiger charge is -2.49. The van der Waals surface area contributed by atoms with E-state index in [1.54, 1.807) is 26.2 Å². The van der Waals surface area contributed by atoms with E-state index >= 15 is 0 Å². The molecule has 2 atom stereocenters. The molecule has 0 aliphatic carbocycles. The number of allylic oxidation sites excluding steroid dienone is 1. The van der Waals surface area contributed by atoms with Gasteiger partial charge < -0.3 is 20.2 Å². The number of rotatable bonds is 13. The summed E-state index contributed by atoms with van der Waals surface area (Å²) in [7, 11) is 0. The second-order valence-electron chi connectivity index (χ2n) is 14.2. The van der Waals surface area contributed by atoms with Crippen LogP contribution in [0, 0.1) is 11.3 Å². The van der Waals surface area contributed by atoms with Gasteiger partial charge in [0, 0.05) is 23.3 Å². The minimum absolute atomic E-state index is 0.165. The number of β-lactam (4-membered cyclic amide) rings is 1. The van der Waals surface area contributed by atoms with Crippen LogP contribution in [0.4, 0.5) is 5.13 Å². The molecule has 5 aromatic rings. The number of benzene rings is 3. The number of esters is 1. The first-order valence-corrected chi connectivity index (χ1v) is 20.1. The quantitative estimate of drug-likeness (QED) is 0.0288. The minimum atomic E-state index is -0.965. The highest BCUT2D eigenvalue weighted by Gasteiger charge is 2.55. The number of amides is 2. The Balaban J connectivity index is 1.18. The maximum atomic E-state index is 14.1. The Labute approximate surface area is 338 Å². The third kappa shape index (κ3) is 8.30. The third-order valence-electron chi connectivity index (χ3n) is 9.30. The van der Waals surface area contributed by atoms with Crippen LogP contribution >= 0.6 is 23.1 Å². The van der Waals surface area contributed by atoms with Gasteiger partial charge in [-0.1, -0.05) is 102 Å². The van der Waals surface area contributed by atoms with Gasteiger partial charge >= 0.3 is 5.97 Å². The Morgan fingerprint density at radius 1 is 0.930 bits per heavy atom. The van der Waals surface area contributed by atoms with E-state index < -0.39 is 47.6 Å². The van der Waals surface area contributed by atoms with E-state index in [0.29, 0.717) is 22.3 Å². The highest BCUT2D eigenvalue weighted by molar-refractivity contribution is 8.03. The number of nitriles is 1. The van der Waals surface area contributed by atoms with Crippen molar-refractivity contribution < 1.29 is 28.5 Å². The zero-order valence-corrected chi connectivity index (χ0v) is 33.1. The van der Waals surface area contributed by atoms with E-state index in [4.69, 9.17) is 14.6 Å². The van der Waals surface area contributed by atoms with Gasteiger partial charge in [-0.25, -0.2) is 14.3 Å². The molecule has 14 heteroatoms. The van der Waals surface area contributed by atoms with Crippen LogP contribution in [0.5, 0.6) is 0 Å². The number of carbonyl (C=O) groups is 3. The molecule has 3 aromatic carbocycles. The molecule has 57 heavy (non-hydrogen) atoms. The van der Waals surface area contributed by atoms with Crippen molar-refractivity contribution >= 4 is 51.7 Å². The molecular weight excluding hydrogens is 759 g/mol. The average Bonchev–Trinajstić information content (AvgIpc) is 3.69. The summed E-state index contributed by atoms with van der Waals surface area (Å²) in [6.07, 6.45) is 3.76. The molecule has 2 aromatic heterocycles. The van der Waals surface area contributed by atoms with Gasteiger partial charge in [0.1, 0.15) is 34.6 Å². The Bertz CT molecular complexity index is 2240. The molecule has 12 nitrogen and oxygen atoms in total. The van der Waals surface area contributed by atoms with Crippen LogP contribution in [0.3, 0.4) is 0 Å².